The molecule has 6 nitrogen and oxygen atoms in total. The van der Waals surface area contributed by atoms with E-state index in [1.54, 1.807) is 24.3 Å². The van der Waals surface area contributed by atoms with Crippen molar-refractivity contribution in [1.82, 2.24) is 0 Å². The van der Waals surface area contributed by atoms with Crippen LogP contribution in [-0.2, 0) is 9.68 Å². The molecule has 0 aliphatic heterocycles. The van der Waals surface area contributed by atoms with Crippen molar-refractivity contribution < 1.29 is 19.3 Å². The summed E-state index contributed by atoms with van der Waals surface area (Å²) < 4.78 is 0. The van der Waals surface area contributed by atoms with Crippen molar-refractivity contribution in [1.29, 1.82) is 0 Å². The summed E-state index contributed by atoms with van der Waals surface area (Å²) in [7, 11) is 0. The van der Waals surface area contributed by atoms with Crippen LogP contribution in [0.15, 0.2) is 58.8 Å². The number of nitrogens with zero attached hydrogens (tertiary/aromatic N) is 2. The van der Waals surface area contributed by atoms with E-state index in [-0.39, 0.29) is 0 Å². The molecule has 2 aromatic carbocycles. The minimum Gasteiger partial charge on any atom is -0.313 e. The molecule has 0 saturated heterocycles. The van der Waals surface area contributed by atoms with Gasteiger partial charge in [-0.2, -0.15) is 0 Å². The van der Waals surface area contributed by atoms with Crippen LogP contribution >= 0.6 is 0 Å². The second-order valence-corrected chi connectivity index (χ2v) is 6.70. The SMILES string of the molecule is Cc1ccccc1C(=O)ON=C1CCC(=NOC(=O)c2ccccc2C)CC1. The first kappa shape index (κ1) is 19.5. The molecule has 6 heteroatoms. The molecule has 0 radical (unpaired) electrons. The van der Waals surface area contributed by atoms with Crippen molar-refractivity contribution in [3.8, 4) is 0 Å². The Morgan fingerprint density at radius 1 is 0.679 bits per heavy atom. The first-order valence-electron chi connectivity index (χ1n) is 9.20. The van der Waals surface area contributed by atoms with Crippen LogP contribution in [0.25, 0.3) is 0 Å². The van der Waals surface area contributed by atoms with Crippen LogP contribution in [0.1, 0.15) is 57.5 Å². The van der Waals surface area contributed by atoms with Gasteiger partial charge >= 0.3 is 11.9 Å². The van der Waals surface area contributed by atoms with Gasteiger partial charge in [-0.3, -0.25) is 0 Å². The second kappa shape index (κ2) is 9.08. The molecule has 1 aliphatic carbocycles. The van der Waals surface area contributed by atoms with Crippen LogP contribution < -0.4 is 0 Å². The first-order valence-corrected chi connectivity index (χ1v) is 9.20. The van der Waals surface area contributed by atoms with E-state index in [1.165, 1.54) is 0 Å². The number of benzene rings is 2. The van der Waals surface area contributed by atoms with E-state index in [9.17, 15) is 9.59 Å². The van der Waals surface area contributed by atoms with Gasteiger partial charge in [-0.25, -0.2) is 9.59 Å². The van der Waals surface area contributed by atoms with Gasteiger partial charge in [0, 0.05) is 0 Å². The van der Waals surface area contributed by atoms with Gasteiger partial charge in [-0.1, -0.05) is 46.7 Å². The molecule has 0 unspecified atom stereocenters. The molecule has 0 spiro atoms. The van der Waals surface area contributed by atoms with E-state index in [0.717, 1.165) is 22.6 Å². The van der Waals surface area contributed by atoms with Crippen LogP contribution in [-0.4, -0.2) is 23.4 Å². The lowest BCUT2D eigenvalue weighted by molar-refractivity contribution is 0.0501. The van der Waals surface area contributed by atoms with Gasteiger partial charge in [-0.15, -0.1) is 0 Å². The monoisotopic (exact) mass is 378 g/mol. The molecule has 144 valence electrons. The minimum absolute atomic E-state index is 0.461. The van der Waals surface area contributed by atoms with Crippen LogP contribution in [0.4, 0.5) is 0 Å². The Labute approximate surface area is 163 Å². The quantitative estimate of drug-likeness (QED) is 0.575. The highest BCUT2D eigenvalue weighted by atomic mass is 16.7. The summed E-state index contributed by atoms with van der Waals surface area (Å²) >= 11 is 0. The van der Waals surface area contributed by atoms with Gasteiger partial charge in [0.1, 0.15) is 0 Å². The summed E-state index contributed by atoms with van der Waals surface area (Å²) in [6.07, 6.45) is 2.45. The molecule has 1 aliphatic rings. The average molecular weight is 378 g/mol. The van der Waals surface area contributed by atoms with Crippen LogP contribution in [0, 0.1) is 13.8 Å². The number of rotatable bonds is 4. The fraction of sp³-hybridized carbons (Fsp3) is 0.273. The van der Waals surface area contributed by atoms with Crippen molar-refractivity contribution in [2.75, 3.05) is 0 Å². The maximum atomic E-state index is 12.1. The van der Waals surface area contributed by atoms with E-state index in [1.807, 2.05) is 38.1 Å². The predicted octanol–water partition coefficient (Wildman–Crippen LogP) is 4.60. The third-order valence-corrected chi connectivity index (χ3v) is 4.65. The zero-order chi connectivity index (χ0) is 19.9. The summed E-state index contributed by atoms with van der Waals surface area (Å²) in [5, 5.41) is 7.99. The van der Waals surface area contributed by atoms with Crippen LogP contribution in [0.3, 0.4) is 0 Å². The lowest BCUT2D eigenvalue weighted by atomic mass is 9.97. The van der Waals surface area contributed by atoms with Crippen molar-refractivity contribution in [3.63, 3.8) is 0 Å². The standard InChI is InChI=1S/C22H22N2O4/c1-15-7-3-5-9-19(15)21(25)27-23-17-11-13-18(14-12-17)24-28-22(26)20-10-6-4-8-16(20)2/h3-10H,11-14H2,1-2H3. The van der Waals surface area contributed by atoms with Crippen LogP contribution in [0.5, 0.6) is 0 Å². The van der Waals surface area contributed by atoms with Gasteiger partial charge in [0.25, 0.3) is 0 Å². The number of carbonyl (C=O) groups is 2. The van der Waals surface area contributed by atoms with E-state index in [4.69, 9.17) is 9.68 Å². The highest BCUT2D eigenvalue weighted by Gasteiger charge is 2.17. The van der Waals surface area contributed by atoms with Gasteiger partial charge in [0.05, 0.1) is 22.6 Å². The molecule has 2 aromatic rings. The molecule has 3 rings (SSSR count). The highest BCUT2D eigenvalue weighted by Crippen LogP contribution is 2.16. The summed E-state index contributed by atoms with van der Waals surface area (Å²) in [5.74, 6) is -0.922. The summed E-state index contributed by atoms with van der Waals surface area (Å²) in [6.45, 7) is 3.70. The molecule has 0 amide bonds. The van der Waals surface area contributed by atoms with E-state index in [2.05, 4.69) is 10.3 Å². The summed E-state index contributed by atoms with van der Waals surface area (Å²) in [5.41, 5.74) is 4.31. The Morgan fingerprint density at radius 3 is 1.39 bits per heavy atom. The van der Waals surface area contributed by atoms with E-state index in [0.29, 0.717) is 36.8 Å². The van der Waals surface area contributed by atoms with Crippen molar-refractivity contribution >= 4 is 23.4 Å². The summed E-state index contributed by atoms with van der Waals surface area (Å²) in [6, 6.07) is 14.4. The van der Waals surface area contributed by atoms with E-state index < -0.39 is 11.9 Å². The zero-order valence-electron chi connectivity index (χ0n) is 16.0. The molecule has 1 saturated carbocycles. The molecular formula is C22H22N2O4. The normalized spacial score (nSPS) is 13.6. The number of hydrogen-bond acceptors (Lipinski definition) is 6. The molecular weight excluding hydrogens is 356 g/mol. The zero-order valence-corrected chi connectivity index (χ0v) is 16.0. The molecule has 28 heavy (non-hydrogen) atoms. The topological polar surface area (TPSA) is 77.3 Å². The first-order chi connectivity index (χ1) is 13.5. The Hall–Kier alpha value is -3.28. The average Bonchev–Trinajstić information content (AvgIpc) is 2.71. The molecule has 0 aromatic heterocycles. The molecule has 0 atom stereocenters. The van der Waals surface area contributed by atoms with Gasteiger partial charge in [0.2, 0.25) is 0 Å². The fourth-order valence-electron chi connectivity index (χ4n) is 2.92. The maximum Gasteiger partial charge on any atom is 0.365 e. The van der Waals surface area contributed by atoms with Gasteiger partial charge in [0.15, 0.2) is 0 Å². The maximum absolute atomic E-state index is 12.1. The lowest BCUT2D eigenvalue weighted by Crippen LogP contribution is -2.16. The number of hydrogen-bond donors (Lipinski definition) is 0. The molecule has 0 N–H and O–H groups in total. The predicted molar refractivity (Wildman–Crippen MR) is 107 cm³/mol. The second-order valence-electron chi connectivity index (χ2n) is 6.70. The van der Waals surface area contributed by atoms with Crippen LogP contribution in [0.2, 0.25) is 0 Å². The molecule has 1 fully saturated rings. The van der Waals surface area contributed by atoms with Gasteiger partial charge < -0.3 is 9.68 Å². The summed E-state index contributed by atoms with van der Waals surface area (Å²) in [4.78, 5) is 34.4. The van der Waals surface area contributed by atoms with E-state index >= 15 is 0 Å². The minimum atomic E-state index is -0.461. The molecule has 0 bridgehead atoms. The Balaban J connectivity index is 1.51. The molecule has 0 heterocycles. The smallest absolute Gasteiger partial charge is 0.313 e. The highest BCUT2D eigenvalue weighted by molar-refractivity contribution is 5.99. The third kappa shape index (κ3) is 4.91. The largest absolute Gasteiger partial charge is 0.365 e. The fourth-order valence-corrected chi connectivity index (χ4v) is 2.92. The van der Waals surface area contributed by atoms with Gasteiger partial charge in [-0.05, 0) is 62.8 Å². The number of carbonyl (C=O) groups excluding carboxylic acids is 2. The van der Waals surface area contributed by atoms with Crippen molar-refractivity contribution in [2.45, 2.75) is 39.5 Å². The Morgan fingerprint density at radius 2 is 1.04 bits per heavy atom. The third-order valence-electron chi connectivity index (χ3n) is 4.65. The number of aryl methyl sites for hydroxylation is 2. The lowest BCUT2D eigenvalue weighted by Gasteiger charge is -2.14. The Bertz CT molecular complexity index is 858. The number of oxime groups is 2. The van der Waals surface area contributed by atoms with Crippen molar-refractivity contribution in [2.24, 2.45) is 10.3 Å². The van der Waals surface area contributed by atoms with Crippen molar-refractivity contribution in [3.05, 3.63) is 70.8 Å². The Kier molecular flexibility index (Phi) is 6.32.